The molecule has 0 aromatic carbocycles. The minimum absolute atomic E-state index is 0.0359. The minimum atomic E-state index is -0.0359. The largest absolute Gasteiger partial charge is 0.375 e. The van der Waals surface area contributed by atoms with E-state index >= 15 is 0 Å². The Bertz CT molecular complexity index is 158. The summed E-state index contributed by atoms with van der Waals surface area (Å²) in [5.41, 5.74) is 0. The van der Waals surface area contributed by atoms with Crippen molar-refractivity contribution in [2.24, 2.45) is 20.7 Å². The van der Waals surface area contributed by atoms with Crippen molar-refractivity contribution in [1.82, 2.24) is 5.01 Å². The van der Waals surface area contributed by atoms with Gasteiger partial charge >= 0.3 is 0 Å². The van der Waals surface area contributed by atoms with Crippen LogP contribution in [0.1, 0.15) is 0 Å². The van der Waals surface area contributed by atoms with Gasteiger partial charge in [0.05, 0.1) is 13.1 Å². The maximum atomic E-state index is 4.68. The molecule has 0 radical (unpaired) electrons. The third-order valence-electron chi connectivity index (χ3n) is 1.41. The van der Waals surface area contributed by atoms with Gasteiger partial charge in [0.1, 0.15) is 0 Å². The predicted molar refractivity (Wildman–Crippen MR) is 31.0 cm³/mol. The lowest BCUT2D eigenvalue weighted by Gasteiger charge is -2.12. The molecule has 2 rings (SSSR count). The van der Waals surface area contributed by atoms with E-state index in [4.69, 9.17) is 0 Å². The highest BCUT2D eigenvalue weighted by atomic mass is 16.7. The molecule has 0 fully saturated rings. The van der Waals surface area contributed by atoms with E-state index in [1.54, 1.807) is 5.01 Å². The third kappa shape index (κ3) is 0.810. The summed E-state index contributed by atoms with van der Waals surface area (Å²) in [5, 5.41) is 16.6. The highest BCUT2D eigenvalue weighted by Gasteiger charge is 2.23. The van der Waals surface area contributed by atoms with Crippen molar-refractivity contribution in [1.29, 1.82) is 0 Å². The Balaban J connectivity index is 1.98. The van der Waals surface area contributed by atoms with Crippen molar-refractivity contribution in [3.8, 4) is 0 Å². The molecule has 1 unspecified atom stereocenters. The second kappa shape index (κ2) is 2.20. The highest BCUT2D eigenvalue weighted by Crippen LogP contribution is 2.12. The molecule has 0 N–H and O–H groups in total. The van der Waals surface area contributed by atoms with E-state index in [-0.39, 0.29) is 6.17 Å². The average Bonchev–Trinajstić information content (AvgIpc) is 2.59. The summed E-state index contributed by atoms with van der Waals surface area (Å²) in [4.78, 5) is 4.68. The van der Waals surface area contributed by atoms with Crippen LogP contribution in [-0.2, 0) is 4.84 Å². The van der Waals surface area contributed by atoms with Crippen LogP contribution in [0, 0.1) is 0 Å². The van der Waals surface area contributed by atoms with Gasteiger partial charge in [-0.2, -0.15) is 5.11 Å². The zero-order chi connectivity index (χ0) is 6.81. The van der Waals surface area contributed by atoms with Crippen LogP contribution >= 0.6 is 0 Å². The summed E-state index contributed by atoms with van der Waals surface area (Å²) >= 11 is 0. The minimum Gasteiger partial charge on any atom is -0.375 e. The molecule has 0 aromatic heterocycles. The Labute approximate surface area is 57.5 Å². The van der Waals surface area contributed by atoms with Gasteiger partial charge in [0.15, 0.2) is 12.8 Å². The zero-order valence-electron chi connectivity index (χ0n) is 5.34. The molecule has 2 aliphatic heterocycles. The monoisotopic (exact) mass is 141 g/mol. The van der Waals surface area contributed by atoms with Crippen LogP contribution in [0.5, 0.6) is 0 Å². The molecule has 54 valence electrons. The van der Waals surface area contributed by atoms with Gasteiger partial charge in [-0.05, 0) is 0 Å². The van der Waals surface area contributed by atoms with Crippen LogP contribution in [0.15, 0.2) is 20.7 Å². The summed E-state index contributed by atoms with van der Waals surface area (Å²) in [6.45, 7) is 2.08. The van der Waals surface area contributed by atoms with E-state index in [2.05, 4.69) is 25.6 Å². The molecule has 0 bridgehead atoms. The first kappa shape index (κ1) is 5.57. The lowest BCUT2D eigenvalue weighted by atomic mass is 10.5. The van der Waals surface area contributed by atoms with Crippen LogP contribution < -0.4 is 0 Å². The van der Waals surface area contributed by atoms with Gasteiger partial charge in [0, 0.05) is 5.28 Å². The fraction of sp³-hybridized carbons (Fsp3) is 1.00. The molecule has 10 heavy (non-hydrogen) atoms. The molecule has 6 nitrogen and oxygen atoms in total. The second-order valence-corrected chi connectivity index (χ2v) is 2.09. The van der Waals surface area contributed by atoms with Gasteiger partial charge in [0.25, 0.3) is 0 Å². The molecule has 2 heterocycles. The molecule has 0 aliphatic carbocycles. The van der Waals surface area contributed by atoms with Crippen molar-refractivity contribution in [2.75, 3.05) is 19.7 Å². The van der Waals surface area contributed by atoms with Crippen LogP contribution in [0.3, 0.4) is 0 Å². The van der Waals surface area contributed by atoms with E-state index < -0.39 is 0 Å². The molecular weight excluding hydrogens is 134 g/mol. The van der Waals surface area contributed by atoms with Crippen molar-refractivity contribution < 1.29 is 4.84 Å². The Morgan fingerprint density at radius 3 is 3.10 bits per heavy atom. The van der Waals surface area contributed by atoms with Crippen molar-refractivity contribution in [3.05, 3.63) is 0 Å². The maximum Gasteiger partial charge on any atom is 0.199 e. The quantitative estimate of drug-likeness (QED) is 0.530. The highest BCUT2D eigenvalue weighted by molar-refractivity contribution is 4.68. The van der Waals surface area contributed by atoms with Gasteiger partial charge in [-0.1, -0.05) is 5.22 Å². The standard InChI is InChI=1S/C4H7N5O/c1-2-9(7-5-1)4-3-10-8-6-4/h4H,1-3H2. The van der Waals surface area contributed by atoms with Gasteiger partial charge in [-0.25, -0.2) is 5.01 Å². The Kier molecular flexibility index (Phi) is 1.23. The first-order chi connectivity index (χ1) is 4.97. The maximum absolute atomic E-state index is 4.68. The normalized spacial score (nSPS) is 29.6. The van der Waals surface area contributed by atoms with Crippen LogP contribution in [0.4, 0.5) is 0 Å². The van der Waals surface area contributed by atoms with E-state index in [1.807, 2.05) is 0 Å². The van der Waals surface area contributed by atoms with Gasteiger partial charge in [-0.15, -0.1) is 5.11 Å². The molecule has 0 saturated carbocycles. The van der Waals surface area contributed by atoms with Crippen LogP contribution in [0.2, 0.25) is 0 Å². The van der Waals surface area contributed by atoms with Crippen molar-refractivity contribution >= 4 is 0 Å². The second-order valence-electron chi connectivity index (χ2n) is 2.09. The van der Waals surface area contributed by atoms with Crippen molar-refractivity contribution in [2.45, 2.75) is 6.17 Å². The Morgan fingerprint density at radius 2 is 2.50 bits per heavy atom. The summed E-state index contributed by atoms with van der Waals surface area (Å²) < 4.78 is 0. The van der Waals surface area contributed by atoms with E-state index in [1.165, 1.54) is 0 Å². The molecule has 0 spiro atoms. The summed E-state index contributed by atoms with van der Waals surface area (Å²) in [7, 11) is 0. The first-order valence-corrected chi connectivity index (χ1v) is 3.13. The lowest BCUT2D eigenvalue weighted by Crippen LogP contribution is -2.29. The van der Waals surface area contributed by atoms with Gasteiger partial charge in [-0.3, -0.25) is 0 Å². The van der Waals surface area contributed by atoms with Gasteiger partial charge in [0.2, 0.25) is 0 Å². The lowest BCUT2D eigenvalue weighted by molar-refractivity contribution is 0.125. The molecule has 1 atom stereocenters. The summed E-state index contributed by atoms with van der Waals surface area (Å²) in [5.74, 6) is 0. The first-order valence-electron chi connectivity index (χ1n) is 3.13. The van der Waals surface area contributed by atoms with Crippen molar-refractivity contribution in [3.63, 3.8) is 0 Å². The Morgan fingerprint density at radius 1 is 1.50 bits per heavy atom. The smallest absolute Gasteiger partial charge is 0.199 e. The van der Waals surface area contributed by atoms with Crippen LogP contribution in [-0.4, -0.2) is 30.9 Å². The molecule has 0 aromatic rings. The molecule has 6 heteroatoms. The fourth-order valence-corrected chi connectivity index (χ4v) is 0.893. The predicted octanol–water partition coefficient (Wildman–Crippen LogP) is 0.393. The molecule has 0 saturated heterocycles. The zero-order valence-corrected chi connectivity index (χ0v) is 5.34. The van der Waals surface area contributed by atoms with Gasteiger partial charge < -0.3 is 4.84 Å². The van der Waals surface area contributed by atoms with E-state index in [0.29, 0.717) is 6.61 Å². The molecule has 2 aliphatic rings. The number of hydrogen-bond donors (Lipinski definition) is 0. The Hall–Kier alpha value is -1.20. The topological polar surface area (TPSA) is 61.9 Å². The number of rotatable bonds is 1. The van der Waals surface area contributed by atoms with Crippen LogP contribution in [0.25, 0.3) is 0 Å². The third-order valence-corrected chi connectivity index (χ3v) is 1.41. The summed E-state index contributed by atoms with van der Waals surface area (Å²) in [6, 6.07) is 0. The summed E-state index contributed by atoms with van der Waals surface area (Å²) in [6.07, 6.45) is -0.0359. The average molecular weight is 141 g/mol. The fourth-order valence-electron chi connectivity index (χ4n) is 0.893. The molecular formula is C4H7N5O. The number of nitrogens with zero attached hydrogens (tertiary/aromatic N) is 5. The SMILES string of the molecule is C1CN(C2CON=N2)N=N1. The van der Waals surface area contributed by atoms with E-state index in [0.717, 1.165) is 13.1 Å². The van der Waals surface area contributed by atoms with E-state index in [9.17, 15) is 0 Å². The number of hydrogen-bond acceptors (Lipinski definition) is 6. The molecule has 0 amide bonds.